The molecule has 0 N–H and O–H groups in total. The van der Waals surface area contributed by atoms with Crippen LogP contribution in [0, 0.1) is 6.92 Å². The molecule has 0 saturated heterocycles. The predicted octanol–water partition coefficient (Wildman–Crippen LogP) is 1.09. The Morgan fingerprint density at radius 3 is 3.00 bits per heavy atom. The van der Waals surface area contributed by atoms with E-state index in [4.69, 9.17) is 4.42 Å². The molecule has 66 valence electrons. The van der Waals surface area contributed by atoms with Gasteiger partial charge in [0.25, 0.3) is 0 Å². The monoisotopic (exact) mass is 169 g/mol. The Balaban J connectivity index is 2.38. The second-order valence-electron chi connectivity index (χ2n) is 2.44. The van der Waals surface area contributed by atoms with Crippen LogP contribution in [-0.2, 0) is 16.0 Å². The maximum Gasteiger partial charge on any atom is 0.306 e. The summed E-state index contributed by atoms with van der Waals surface area (Å²) in [6, 6.07) is 0. The summed E-state index contributed by atoms with van der Waals surface area (Å²) in [4.78, 5) is 14.6. The maximum atomic E-state index is 10.7. The van der Waals surface area contributed by atoms with Crippen LogP contribution in [0.5, 0.6) is 0 Å². The van der Waals surface area contributed by atoms with Crippen molar-refractivity contribution in [3.8, 4) is 0 Å². The first-order chi connectivity index (χ1) is 5.72. The van der Waals surface area contributed by atoms with Gasteiger partial charge in [-0.3, -0.25) is 4.79 Å². The van der Waals surface area contributed by atoms with Gasteiger partial charge < -0.3 is 9.15 Å². The van der Waals surface area contributed by atoms with Crippen molar-refractivity contribution in [2.45, 2.75) is 19.8 Å². The molecule has 0 saturated carbocycles. The summed E-state index contributed by atoms with van der Waals surface area (Å²) >= 11 is 0. The fourth-order valence-corrected chi connectivity index (χ4v) is 0.828. The molecular weight excluding hydrogens is 158 g/mol. The Morgan fingerprint density at radius 1 is 1.75 bits per heavy atom. The Bertz CT molecular complexity index is 267. The molecule has 0 amide bonds. The van der Waals surface area contributed by atoms with Crippen LogP contribution >= 0.6 is 0 Å². The fraction of sp³-hybridized carbons (Fsp3) is 0.500. The largest absolute Gasteiger partial charge is 0.469 e. The average molecular weight is 169 g/mol. The van der Waals surface area contributed by atoms with E-state index in [1.165, 1.54) is 7.11 Å². The normalized spacial score (nSPS) is 9.83. The van der Waals surface area contributed by atoms with Crippen molar-refractivity contribution in [1.29, 1.82) is 0 Å². The molecule has 1 heterocycles. The van der Waals surface area contributed by atoms with E-state index >= 15 is 0 Å². The van der Waals surface area contributed by atoms with Crippen molar-refractivity contribution in [1.82, 2.24) is 4.98 Å². The number of nitrogens with zero attached hydrogens (tertiary/aromatic N) is 1. The lowest BCUT2D eigenvalue weighted by Gasteiger charge is -1.94. The van der Waals surface area contributed by atoms with Crippen LogP contribution in [0.4, 0.5) is 0 Å². The number of ether oxygens (including phenoxy) is 1. The van der Waals surface area contributed by atoms with Gasteiger partial charge in [0, 0.05) is 6.42 Å². The minimum Gasteiger partial charge on any atom is -0.469 e. The second-order valence-corrected chi connectivity index (χ2v) is 2.44. The molecule has 0 unspecified atom stereocenters. The highest BCUT2D eigenvalue weighted by molar-refractivity contribution is 5.69. The summed E-state index contributed by atoms with van der Waals surface area (Å²) in [6.07, 6.45) is 2.45. The van der Waals surface area contributed by atoms with E-state index in [0.29, 0.717) is 18.7 Å². The lowest BCUT2D eigenvalue weighted by molar-refractivity contribution is -0.140. The molecule has 4 heteroatoms. The molecular formula is C8H11NO3. The van der Waals surface area contributed by atoms with Crippen molar-refractivity contribution < 1.29 is 13.9 Å². The number of esters is 1. The van der Waals surface area contributed by atoms with E-state index in [-0.39, 0.29) is 5.97 Å². The lowest BCUT2D eigenvalue weighted by atomic mass is 10.3. The minimum atomic E-state index is -0.245. The van der Waals surface area contributed by atoms with E-state index in [1.54, 1.807) is 6.20 Å². The van der Waals surface area contributed by atoms with Gasteiger partial charge in [-0.25, -0.2) is 4.98 Å². The Kier molecular flexibility index (Phi) is 2.85. The fourth-order valence-electron chi connectivity index (χ4n) is 0.828. The molecule has 1 aromatic heterocycles. The van der Waals surface area contributed by atoms with Crippen LogP contribution in [0.2, 0.25) is 0 Å². The number of aryl methyl sites for hydroxylation is 2. The Hall–Kier alpha value is -1.32. The van der Waals surface area contributed by atoms with Crippen molar-refractivity contribution in [2.24, 2.45) is 0 Å². The number of carbonyl (C=O) groups excluding carboxylic acids is 1. The molecule has 0 fully saturated rings. The van der Waals surface area contributed by atoms with Crippen molar-refractivity contribution in [3.05, 3.63) is 17.8 Å². The maximum absolute atomic E-state index is 10.7. The first-order valence-corrected chi connectivity index (χ1v) is 3.70. The third kappa shape index (κ3) is 2.38. The highest BCUT2D eigenvalue weighted by atomic mass is 16.5. The van der Waals surface area contributed by atoms with Crippen LogP contribution in [0.1, 0.15) is 18.1 Å². The molecule has 0 radical (unpaired) electrons. The highest BCUT2D eigenvalue weighted by Crippen LogP contribution is 2.04. The van der Waals surface area contributed by atoms with Gasteiger partial charge >= 0.3 is 5.97 Å². The number of rotatable bonds is 3. The predicted molar refractivity (Wildman–Crippen MR) is 41.6 cm³/mol. The Morgan fingerprint density at radius 2 is 2.50 bits per heavy atom. The van der Waals surface area contributed by atoms with E-state index < -0.39 is 0 Å². The van der Waals surface area contributed by atoms with Crippen LogP contribution < -0.4 is 0 Å². The van der Waals surface area contributed by atoms with Gasteiger partial charge in [0.05, 0.1) is 19.7 Å². The molecule has 0 spiro atoms. The van der Waals surface area contributed by atoms with Crippen LogP contribution in [0.15, 0.2) is 10.6 Å². The van der Waals surface area contributed by atoms with Gasteiger partial charge in [0.15, 0.2) is 5.89 Å². The minimum absolute atomic E-state index is 0.245. The molecule has 0 aromatic carbocycles. The van der Waals surface area contributed by atoms with E-state index in [2.05, 4.69) is 9.72 Å². The standard InChI is InChI=1S/C8H11NO3/c1-6-5-9-7(12-6)3-4-8(10)11-2/h5H,3-4H2,1-2H3. The topological polar surface area (TPSA) is 52.3 Å². The molecule has 4 nitrogen and oxygen atoms in total. The SMILES string of the molecule is COC(=O)CCc1ncc(C)o1. The van der Waals surface area contributed by atoms with Crippen LogP contribution in [0.25, 0.3) is 0 Å². The summed E-state index contributed by atoms with van der Waals surface area (Å²) in [5, 5.41) is 0. The number of oxazole rings is 1. The molecule has 0 aliphatic rings. The van der Waals surface area contributed by atoms with E-state index in [0.717, 1.165) is 5.76 Å². The number of methoxy groups -OCH3 is 1. The summed E-state index contributed by atoms with van der Waals surface area (Å²) in [7, 11) is 1.36. The number of carbonyl (C=O) groups is 1. The Labute approximate surface area is 70.5 Å². The molecule has 0 aliphatic heterocycles. The van der Waals surface area contributed by atoms with Gasteiger partial charge in [-0.15, -0.1) is 0 Å². The van der Waals surface area contributed by atoms with Crippen molar-refractivity contribution in [2.75, 3.05) is 7.11 Å². The van der Waals surface area contributed by atoms with Crippen molar-refractivity contribution in [3.63, 3.8) is 0 Å². The lowest BCUT2D eigenvalue weighted by Crippen LogP contribution is -2.01. The summed E-state index contributed by atoms with van der Waals surface area (Å²) in [5.74, 6) is 1.10. The summed E-state index contributed by atoms with van der Waals surface area (Å²) < 4.78 is 9.63. The molecule has 0 bridgehead atoms. The third-order valence-electron chi connectivity index (χ3n) is 1.44. The number of hydrogen-bond donors (Lipinski definition) is 0. The van der Waals surface area contributed by atoms with Gasteiger partial charge in [-0.05, 0) is 6.92 Å². The average Bonchev–Trinajstić information content (AvgIpc) is 2.47. The molecule has 1 rings (SSSR count). The van der Waals surface area contributed by atoms with Crippen LogP contribution in [0.3, 0.4) is 0 Å². The summed E-state index contributed by atoms with van der Waals surface area (Å²) in [5.41, 5.74) is 0. The van der Waals surface area contributed by atoms with Gasteiger partial charge in [0.2, 0.25) is 0 Å². The van der Waals surface area contributed by atoms with Gasteiger partial charge in [-0.2, -0.15) is 0 Å². The van der Waals surface area contributed by atoms with E-state index in [1.807, 2.05) is 6.92 Å². The summed E-state index contributed by atoms with van der Waals surface area (Å²) in [6.45, 7) is 1.81. The smallest absolute Gasteiger partial charge is 0.306 e. The molecule has 0 atom stereocenters. The van der Waals surface area contributed by atoms with Crippen molar-refractivity contribution >= 4 is 5.97 Å². The third-order valence-corrected chi connectivity index (χ3v) is 1.44. The zero-order valence-corrected chi connectivity index (χ0v) is 7.16. The van der Waals surface area contributed by atoms with Gasteiger partial charge in [0.1, 0.15) is 5.76 Å². The quantitative estimate of drug-likeness (QED) is 0.635. The van der Waals surface area contributed by atoms with Crippen LogP contribution in [-0.4, -0.2) is 18.1 Å². The zero-order chi connectivity index (χ0) is 8.97. The zero-order valence-electron chi connectivity index (χ0n) is 7.16. The number of hydrogen-bond acceptors (Lipinski definition) is 4. The first-order valence-electron chi connectivity index (χ1n) is 3.70. The molecule has 12 heavy (non-hydrogen) atoms. The second kappa shape index (κ2) is 3.90. The highest BCUT2D eigenvalue weighted by Gasteiger charge is 2.04. The van der Waals surface area contributed by atoms with Gasteiger partial charge in [-0.1, -0.05) is 0 Å². The number of aromatic nitrogens is 1. The molecule has 1 aromatic rings. The van der Waals surface area contributed by atoms with E-state index in [9.17, 15) is 4.79 Å². The first kappa shape index (κ1) is 8.77. The molecule has 0 aliphatic carbocycles.